The summed E-state index contributed by atoms with van der Waals surface area (Å²) in [5, 5.41) is 21.6. The Morgan fingerprint density at radius 1 is 1.31 bits per heavy atom. The number of halogens is 2. The summed E-state index contributed by atoms with van der Waals surface area (Å²) in [6.07, 6.45) is 1.59. The molecular weight excluding hydrogens is 378 g/mol. The zero-order valence-electron chi connectivity index (χ0n) is 16.6. The van der Waals surface area contributed by atoms with Gasteiger partial charge in [0, 0.05) is 37.3 Å². The minimum absolute atomic E-state index is 0.00499. The highest BCUT2D eigenvalue weighted by Crippen LogP contribution is 2.31. The zero-order chi connectivity index (χ0) is 20.8. The van der Waals surface area contributed by atoms with E-state index >= 15 is 0 Å². The van der Waals surface area contributed by atoms with Crippen molar-refractivity contribution in [3.05, 3.63) is 36.0 Å². The van der Waals surface area contributed by atoms with Gasteiger partial charge >= 0.3 is 0 Å². The molecule has 29 heavy (non-hydrogen) atoms. The summed E-state index contributed by atoms with van der Waals surface area (Å²) in [7, 11) is 0. The van der Waals surface area contributed by atoms with Crippen LogP contribution in [0.5, 0.6) is 0 Å². The van der Waals surface area contributed by atoms with Crippen molar-refractivity contribution < 1.29 is 13.9 Å². The Kier molecular flexibility index (Phi) is 4.95. The number of aromatic amines is 1. The van der Waals surface area contributed by atoms with E-state index in [9.17, 15) is 13.9 Å². The Labute approximate surface area is 167 Å². The predicted molar refractivity (Wildman–Crippen MR) is 107 cm³/mol. The third-order valence-corrected chi connectivity index (χ3v) is 5.83. The molecule has 0 spiro atoms. The maximum Gasteiger partial charge on any atom is 0.181 e. The number of H-pyrrole nitrogens is 1. The normalized spacial score (nSPS) is 19.7. The number of hydrogen-bond acceptors (Lipinski definition) is 6. The minimum atomic E-state index is -0.983. The first-order valence-corrected chi connectivity index (χ1v) is 9.65. The van der Waals surface area contributed by atoms with Crippen LogP contribution >= 0.6 is 0 Å². The molecule has 2 atom stereocenters. The second-order valence-corrected chi connectivity index (χ2v) is 7.93. The third kappa shape index (κ3) is 3.44. The van der Waals surface area contributed by atoms with E-state index in [1.54, 1.807) is 30.2 Å². The van der Waals surface area contributed by atoms with E-state index in [1.165, 1.54) is 0 Å². The van der Waals surface area contributed by atoms with Crippen molar-refractivity contribution in [2.24, 2.45) is 5.92 Å². The Balaban J connectivity index is 1.73. The van der Waals surface area contributed by atoms with Gasteiger partial charge in [0.25, 0.3) is 0 Å². The molecule has 0 aromatic carbocycles. The maximum absolute atomic E-state index is 14.7. The summed E-state index contributed by atoms with van der Waals surface area (Å²) in [5.74, 6) is -1.45. The van der Waals surface area contributed by atoms with E-state index in [4.69, 9.17) is 0 Å². The van der Waals surface area contributed by atoms with E-state index in [0.29, 0.717) is 36.4 Å². The monoisotopic (exact) mass is 402 g/mol. The van der Waals surface area contributed by atoms with Crippen LogP contribution in [-0.2, 0) is 0 Å². The number of piperazine rings is 1. The second kappa shape index (κ2) is 7.31. The van der Waals surface area contributed by atoms with Gasteiger partial charge in [-0.3, -0.25) is 5.10 Å². The Morgan fingerprint density at radius 2 is 2.10 bits per heavy atom. The number of fused-ring (bicyclic) bond motifs is 1. The van der Waals surface area contributed by atoms with Crippen LogP contribution in [0.4, 0.5) is 14.6 Å². The van der Waals surface area contributed by atoms with Crippen molar-refractivity contribution in [1.82, 2.24) is 25.5 Å². The van der Waals surface area contributed by atoms with Crippen molar-refractivity contribution in [1.29, 1.82) is 0 Å². The minimum Gasteiger partial charge on any atom is -0.388 e. The van der Waals surface area contributed by atoms with Crippen LogP contribution in [0.15, 0.2) is 24.4 Å². The number of pyridine rings is 2. The number of nitrogens with one attached hydrogen (secondary N) is 2. The molecule has 1 fully saturated rings. The van der Waals surface area contributed by atoms with Crippen molar-refractivity contribution in [3.63, 3.8) is 0 Å². The molecule has 3 aromatic rings. The lowest BCUT2D eigenvalue weighted by Crippen LogP contribution is -2.62. The Morgan fingerprint density at radius 3 is 2.86 bits per heavy atom. The average Bonchev–Trinajstić information content (AvgIpc) is 3.12. The van der Waals surface area contributed by atoms with Crippen molar-refractivity contribution >= 4 is 16.9 Å². The predicted octanol–water partition coefficient (Wildman–Crippen LogP) is 2.48. The van der Waals surface area contributed by atoms with Gasteiger partial charge in [0.1, 0.15) is 5.69 Å². The number of nitrogens with zero attached hydrogens (tertiary/aromatic N) is 4. The molecule has 1 saturated heterocycles. The third-order valence-electron chi connectivity index (χ3n) is 5.83. The van der Waals surface area contributed by atoms with Crippen LogP contribution in [0.1, 0.15) is 20.8 Å². The maximum atomic E-state index is 14.7. The smallest absolute Gasteiger partial charge is 0.181 e. The summed E-state index contributed by atoms with van der Waals surface area (Å²) in [6, 6.07) is 4.05. The highest BCUT2D eigenvalue weighted by Gasteiger charge is 2.38. The summed E-state index contributed by atoms with van der Waals surface area (Å²) in [4.78, 5) is 10.2. The van der Waals surface area contributed by atoms with E-state index in [0.717, 1.165) is 6.07 Å². The summed E-state index contributed by atoms with van der Waals surface area (Å²) in [5.41, 5.74) is -0.205. The van der Waals surface area contributed by atoms with E-state index < -0.39 is 17.2 Å². The van der Waals surface area contributed by atoms with Gasteiger partial charge in [-0.1, -0.05) is 13.8 Å². The van der Waals surface area contributed by atoms with Gasteiger partial charge < -0.3 is 15.3 Å². The number of aromatic nitrogens is 4. The van der Waals surface area contributed by atoms with Crippen LogP contribution < -0.4 is 10.2 Å². The molecule has 2 unspecified atom stereocenters. The number of anilines is 1. The molecule has 3 aromatic heterocycles. The number of hydrogen-bond donors (Lipinski definition) is 3. The molecule has 0 aliphatic carbocycles. The lowest BCUT2D eigenvalue weighted by molar-refractivity contribution is -0.0232. The quantitative estimate of drug-likeness (QED) is 0.621. The summed E-state index contributed by atoms with van der Waals surface area (Å²) < 4.78 is 29.3. The van der Waals surface area contributed by atoms with Gasteiger partial charge in [-0.2, -0.15) is 5.10 Å². The number of rotatable bonds is 4. The van der Waals surface area contributed by atoms with Crippen LogP contribution in [-0.4, -0.2) is 56.5 Å². The average molecular weight is 402 g/mol. The number of aliphatic hydroxyl groups is 1. The molecule has 0 bridgehead atoms. The molecule has 3 N–H and O–H groups in total. The molecule has 0 saturated carbocycles. The molecule has 0 radical (unpaired) electrons. The molecule has 1 aliphatic heterocycles. The fraction of sp³-hybridized carbons (Fsp3) is 0.450. The van der Waals surface area contributed by atoms with Crippen LogP contribution in [0.2, 0.25) is 0 Å². The van der Waals surface area contributed by atoms with E-state index in [1.807, 2.05) is 13.8 Å². The molecular formula is C20H24F2N6O. The van der Waals surface area contributed by atoms with Gasteiger partial charge in [0.05, 0.1) is 17.3 Å². The standard InChI is InChI=1S/C20H24F2N6O/c1-11(2)20(3,29)15-10-28(8-7-23-15)19-14(22)9-13(21)17(25-19)16-12-5-4-6-24-18(12)27-26-16/h4-6,9,11,15,23,29H,7-8,10H2,1-3H3,(H,24,26,27). The van der Waals surface area contributed by atoms with Crippen LogP contribution in [0, 0.1) is 17.6 Å². The first kappa shape index (κ1) is 19.7. The van der Waals surface area contributed by atoms with Crippen molar-refractivity contribution in [2.45, 2.75) is 32.4 Å². The van der Waals surface area contributed by atoms with Crippen LogP contribution in [0.25, 0.3) is 22.4 Å². The zero-order valence-corrected chi connectivity index (χ0v) is 16.6. The van der Waals surface area contributed by atoms with E-state index in [2.05, 4.69) is 25.5 Å². The Hall–Kier alpha value is -2.65. The summed E-state index contributed by atoms with van der Waals surface area (Å²) in [6.45, 7) is 7.04. The second-order valence-electron chi connectivity index (χ2n) is 7.93. The SMILES string of the molecule is CC(C)C(C)(O)C1CN(c2nc(-c3[nH]nc4ncccc34)c(F)cc2F)CCN1. The van der Waals surface area contributed by atoms with Gasteiger partial charge in [0.15, 0.2) is 23.1 Å². The summed E-state index contributed by atoms with van der Waals surface area (Å²) >= 11 is 0. The lowest BCUT2D eigenvalue weighted by atomic mass is 9.84. The molecule has 1 aliphatic rings. The van der Waals surface area contributed by atoms with Crippen molar-refractivity contribution in [3.8, 4) is 11.4 Å². The lowest BCUT2D eigenvalue weighted by Gasteiger charge is -2.43. The molecule has 4 rings (SSSR count). The molecule has 7 nitrogen and oxygen atoms in total. The molecule has 9 heteroatoms. The molecule has 0 amide bonds. The first-order chi connectivity index (χ1) is 13.8. The van der Waals surface area contributed by atoms with E-state index in [-0.39, 0.29) is 23.5 Å². The highest BCUT2D eigenvalue weighted by molar-refractivity contribution is 5.89. The topological polar surface area (TPSA) is 90.0 Å². The fourth-order valence-electron chi connectivity index (χ4n) is 3.62. The molecule has 154 valence electrons. The highest BCUT2D eigenvalue weighted by atomic mass is 19.1. The van der Waals surface area contributed by atoms with Crippen LogP contribution in [0.3, 0.4) is 0 Å². The van der Waals surface area contributed by atoms with Crippen molar-refractivity contribution in [2.75, 3.05) is 24.5 Å². The van der Waals surface area contributed by atoms with Gasteiger partial charge in [0.2, 0.25) is 0 Å². The first-order valence-electron chi connectivity index (χ1n) is 9.65. The Bertz CT molecular complexity index is 1030. The van der Waals surface area contributed by atoms with Gasteiger partial charge in [-0.05, 0) is 25.0 Å². The largest absolute Gasteiger partial charge is 0.388 e. The van der Waals surface area contributed by atoms with Gasteiger partial charge in [-0.15, -0.1) is 0 Å². The fourth-order valence-corrected chi connectivity index (χ4v) is 3.62. The molecule has 4 heterocycles. The van der Waals surface area contributed by atoms with Gasteiger partial charge in [-0.25, -0.2) is 18.7 Å².